The molecule has 0 radical (unpaired) electrons. The van der Waals surface area contributed by atoms with Crippen molar-refractivity contribution < 1.29 is 9.53 Å². The molecule has 2 aromatic rings. The molecule has 6 nitrogen and oxygen atoms in total. The van der Waals surface area contributed by atoms with Crippen molar-refractivity contribution in [3.63, 3.8) is 0 Å². The SMILES string of the molecule is Cl.O=C(CC1COCCN1)NCc1nnc(-c2ccccc2)s1. The Morgan fingerprint density at radius 1 is 1.35 bits per heavy atom. The number of ether oxygens (including phenoxy) is 1. The Labute approximate surface area is 145 Å². The number of morpholine rings is 1. The molecule has 1 aromatic heterocycles. The fourth-order valence-corrected chi connectivity index (χ4v) is 3.03. The zero-order chi connectivity index (χ0) is 15.2. The first kappa shape index (κ1) is 17.8. The number of aromatic nitrogens is 2. The normalized spacial score (nSPS) is 17.3. The number of hydrogen-bond acceptors (Lipinski definition) is 6. The second-order valence-electron chi connectivity index (χ2n) is 5.07. The summed E-state index contributed by atoms with van der Waals surface area (Å²) in [6.07, 6.45) is 0.421. The van der Waals surface area contributed by atoms with E-state index in [0.29, 0.717) is 26.2 Å². The van der Waals surface area contributed by atoms with Crippen LogP contribution in [0.1, 0.15) is 11.4 Å². The molecule has 1 amide bonds. The number of nitrogens with zero attached hydrogens (tertiary/aromatic N) is 2. The highest BCUT2D eigenvalue weighted by Crippen LogP contribution is 2.22. The molecule has 23 heavy (non-hydrogen) atoms. The summed E-state index contributed by atoms with van der Waals surface area (Å²) in [5, 5.41) is 16.1. The Balaban J connectivity index is 0.00000192. The van der Waals surface area contributed by atoms with E-state index in [1.807, 2.05) is 30.3 Å². The van der Waals surface area contributed by atoms with Crippen LogP contribution in [0.25, 0.3) is 10.6 Å². The minimum atomic E-state index is -0.000499. The van der Waals surface area contributed by atoms with Crippen LogP contribution in [-0.4, -0.2) is 41.9 Å². The molecule has 0 saturated carbocycles. The van der Waals surface area contributed by atoms with Crippen molar-refractivity contribution in [2.75, 3.05) is 19.8 Å². The monoisotopic (exact) mass is 354 g/mol. The summed E-state index contributed by atoms with van der Waals surface area (Å²) in [5.41, 5.74) is 1.04. The first-order valence-electron chi connectivity index (χ1n) is 7.27. The molecule has 2 heterocycles. The van der Waals surface area contributed by atoms with E-state index in [-0.39, 0.29) is 24.4 Å². The third kappa shape index (κ3) is 5.24. The van der Waals surface area contributed by atoms with Crippen molar-refractivity contribution in [1.82, 2.24) is 20.8 Å². The number of rotatable bonds is 5. The number of benzene rings is 1. The van der Waals surface area contributed by atoms with Crippen molar-refractivity contribution in [2.45, 2.75) is 19.0 Å². The van der Waals surface area contributed by atoms with Crippen LogP contribution in [0.15, 0.2) is 30.3 Å². The van der Waals surface area contributed by atoms with E-state index < -0.39 is 0 Å². The Morgan fingerprint density at radius 3 is 2.91 bits per heavy atom. The lowest BCUT2D eigenvalue weighted by molar-refractivity contribution is -0.122. The molecule has 1 unspecified atom stereocenters. The van der Waals surface area contributed by atoms with Crippen molar-refractivity contribution in [3.8, 4) is 10.6 Å². The van der Waals surface area contributed by atoms with E-state index >= 15 is 0 Å². The van der Waals surface area contributed by atoms with Gasteiger partial charge < -0.3 is 15.4 Å². The van der Waals surface area contributed by atoms with Gasteiger partial charge in [0.15, 0.2) is 0 Å². The van der Waals surface area contributed by atoms with Gasteiger partial charge in [0, 0.05) is 24.6 Å². The number of nitrogens with one attached hydrogen (secondary N) is 2. The maximum absolute atomic E-state index is 11.9. The average Bonchev–Trinajstić information content (AvgIpc) is 3.04. The third-order valence-corrected chi connectivity index (χ3v) is 4.33. The third-order valence-electron chi connectivity index (χ3n) is 3.35. The van der Waals surface area contributed by atoms with Crippen LogP contribution < -0.4 is 10.6 Å². The van der Waals surface area contributed by atoms with Gasteiger partial charge in [-0.05, 0) is 0 Å². The van der Waals surface area contributed by atoms with E-state index in [0.717, 1.165) is 22.1 Å². The minimum absolute atomic E-state index is 0. The highest BCUT2D eigenvalue weighted by Gasteiger charge is 2.17. The second-order valence-corrected chi connectivity index (χ2v) is 6.14. The van der Waals surface area contributed by atoms with Gasteiger partial charge in [-0.3, -0.25) is 4.79 Å². The molecule has 0 spiro atoms. The fraction of sp³-hybridized carbons (Fsp3) is 0.400. The summed E-state index contributed by atoms with van der Waals surface area (Å²) in [7, 11) is 0. The van der Waals surface area contributed by atoms with Crippen molar-refractivity contribution >= 4 is 29.7 Å². The molecule has 0 bridgehead atoms. The summed E-state index contributed by atoms with van der Waals surface area (Å²) in [6, 6.07) is 10.0. The van der Waals surface area contributed by atoms with Crippen LogP contribution in [0.2, 0.25) is 0 Å². The molecule has 1 aliphatic heterocycles. The molecule has 8 heteroatoms. The topological polar surface area (TPSA) is 76.1 Å². The molecule has 1 fully saturated rings. The van der Waals surface area contributed by atoms with Crippen molar-refractivity contribution in [1.29, 1.82) is 0 Å². The Kier molecular flexibility index (Phi) is 6.91. The minimum Gasteiger partial charge on any atom is -0.378 e. The first-order valence-corrected chi connectivity index (χ1v) is 8.08. The van der Waals surface area contributed by atoms with Crippen LogP contribution in [0.5, 0.6) is 0 Å². The Hall–Kier alpha value is -1.54. The highest BCUT2D eigenvalue weighted by atomic mass is 35.5. The van der Waals surface area contributed by atoms with Crippen molar-refractivity contribution in [2.24, 2.45) is 0 Å². The fourth-order valence-electron chi connectivity index (χ4n) is 2.24. The standard InChI is InChI=1S/C15H18N4O2S.ClH/c20-13(8-12-10-21-7-6-16-12)17-9-14-18-19-15(22-14)11-4-2-1-3-5-11;/h1-5,12,16H,6-10H2,(H,17,20);1H. The number of hydrogen-bond donors (Lipinski definition) is 2. The number of amides is 1. The molecular weight excluding hydrogens is 336 g/mol. The molecule has 0 aliphatic carbocycles. The summed E-state index contributed by atoms with van der Waals surface area (Å²) in [4.78, 5) is 11.9. The van der Waals surface area contributed by atoms with Crippen LogP contribution >= 0.6 is 23.7 Å². The summed E-state index contributed by atoms with van der Waals surface area (Å²) < 4.78 is 5.34. The molecule has 124 valence electrons. The first-order chi connectivity index (χ1) is 10.8. The van der Waals surface area contributed by atoms with E-state index in [4.69, 9.17) is 4.74 Å². The largest absolute Gasteiger partial charge is 0.378 e. The predicted octanol–water partition coefficient (Wildman–Crippen LogP) is 1.62. The lowest BCUT2D eigenvalue weighted by atomic mass is 10.2. The van der Waals surface area contributed by atoms with Gasteiger partial charge in [-0.25, -0.2) is 0 Å². The highest BCUT2D eigenvalue weighted by molar-refractivity contribution is 7.14. The zero-order valence-electron chi connectivity index (χ0n) is 12.5. The number of carbonyl (C=O) groups is 1. The lowest BCUT2D eigenvalue weighted by Gasteiger charge is -2.23. The van der Waals surface area contributed by atoms with E-state index in [2.05, 4.69) is 20.8 Å². The lowest BCUT2D eigenvalue weighted by Crippen LogP contribution is -2.44. The number of halogens is 1. The predicted molar refractivity (Wildman–Crippen MR) is 91.7 cm³/mol. The molecule has 1 saturated heterocycles. The average molecular weight is 355 g/mol. The van der Waals surface area contributed by atoms with Crippen molar-refractivity contribution in [3.05, 3.63) is 35.3 Å². The van der Waals surface area contributed by atoms with Gasteiger partial charge in [0.25, 0.3) is 0 Å². The van der Waals surface area contributed by atoms with E-state index in [9.17, 15) is 4.79 Å². The number of carbonyl (C=O) groups excluding carboxylic acids is 1. The van der Waals surface area contributed by atoms with Gasteiger partial charge in [0.2, 0.25) is 5.91 Å². The maximum Gasteiger partial charge on any atom is 0.222 e. The van der Waals surface area contributed by atoms with E-state index in [1.165, 1.54) is 11.3 Å². The molecular formula is C15H19ClN4O2S. The quantitative estimate of drug-likeness (QED) is 0.853. The molecule has 1 aromatic carbocycles. The van der Waals surface area contributed by atoms with E-state index in [1.54, 1.807) is 0 Å². The molecule has 1 atom stereocenters. The van der Waals surface area contributed by atoms with Crippen LogP contribution in [0.3, 0.4) is 0 Å². The van der Waals surface area contributed by atoms with Gasteiger partial charge in [0.1, 0.15) is 10.0 Å². The summed E-state index contributed by atoms with van der Waals surface area (Å²) in [6.45, 7) is 2.52. The summed E-state index contributed by atoms with van der Waals surface area (Å²) >= 11 is 1.50. The van der Waals surface area contributed by atoms with Gasteiger partial charge in [-0.15, -0.1) is 22.6 Å². The van der Waals surface area contributed by atoms with Gasteiger partial charge in [-0.1, -0.05) is 41.7 Å². The Bertz CT molecular complexity index is 617. The second kappa shape index (κ2) is 8.93. The molecule has 2 N–H and O–H groups in total. The van der Waals surface area contributed by atoms with Gasteiger partial charge in [-0.2, -0.15) is 0 Å². The maximum atomic E-state index is 11.9. The van der Waals surface area contributed by atoms with Gasteiger partial charge in [0.05, 0.1) is 19.8 Å². The smallest absolute Gasteiger partial charge is 0.222 e. The zero-order valence-corrected chi connectivity index (χ0v) is 14.2. The molecule has 3 rings (SSSR count). The van der Waals surface area contributed by atoms with Crippen LogP contribution in [0.4, 0.5) is 0 Å². The van der Waals surface area contributed by atoms with Crippen LogP contribution in [-0.2, 0) is 16.1 Å². The molecule has 1 aliphatic rings. The Morgan fingerprint density at radius 2 is 2.17 bits per heavy atom. The van der Waals surface area contributed by atoms with Gasteiger partial charge >= 0.3 is 0 Å². The summed E-state index contributed by atoms with van der Waals surface area (Å²) in [5.74, 6) is -0.000499. The van der Waals surface area contributed by atoms with Crippen LogP contribution in [0, 0.1) is 0 Å².